The molecular formula is C12H8ClFN4S. The zero-order valence-corrected chi connectivity index (χ0v) is 11.1. The molecule has 0 aliphatic carbocycles. The summed E-state index contributed by atoms with van der Waals surface area (Å²) in [5.41, 5.74) is 7.90. The van der Waals surface area contributed by atoms with Gasteiger partial charge in [0, 0.05) is 11.9 Å². The molecule has 0 unspecified atom stereocenters. The maximum Gasteiger partial charge on any atom is 0.172 e. The Kier molecular flexibility index (Phi) is 3.04. The van der Waals surface area contributed by atoms with Crippen molar-refractivity contribution in [3.63, 3.8) is 0 Å². The molecule has 0 radical (unpaired) electrons. The first-order valence-corrected chi connectivity index (χ1v) is 6.55. The second-order valence-electron chi connectivity index (χ2n) is 3.86. The molecule has 1 aromatic carbocycles. The van der Waals surface area contributed by atoms with Gasteiger partial charge in [-0.25, -0.2) is 14.4 Å². The predicted octanol–water partition coefficient (Wildman–Crippen LogP) is 3.48. The Balaban J connectivity index is 1.96. The molecule has 3 N–H and O–H groups in total. The van der Waals surface area contributed by atoms with Gasteiger partial charge in [0.15, 0.2) is 11.0 Å². The highest BCUT2D eigenvalue weighted by Crippen LogP contribution is 2.29. The van der Waals surface area contributed by atoms with E-state index in [4.69, 9.17) is 17.3 Å². The summed E-state index contributed by atoms with van der Waals surface area (Å²) < 4.78 is 13.6. The van der Waals surface area contributed by atoms with Gasteiger partial charge < -0.3 is 10.7 Å². The Morgan fingerprint density at radius 1 is 1.32 bits per heavy atom. The third-order valence-electron chi connectivity index (χ3n) is 2.45. The van der Waals surface area contributed by atoms with Crippen molar-refractivity contribution in [2.45, 2.75) is 10.2 Å². The molecule has 3 aromatic rings. The van der Waals surface area contributed by atoms with Crippen molar-refractivity contribution in [3.05, 3.63) is 41.3 Å². The summed E-state index contributed by atoms with van der Waals surface area (Å²) in [4.78, 5) is 11.3. The highest BCUT2D eigenvalue weighted by Gasteiger charge is 2.10. The van der Waals surface area contributed by atoms with E-state index in [-0.39, 0.29) is 10.0 Å². The summed E-state index contributed by atoms with van der Waals surface area (Å²) in [6.45, 7) is 0. The van der Waals surface area contributed by atoms with Gasteiger partial charge in [-0.2, -0.15) is 0 Å². The molecule has 0 amide bonds. The average molecular weight is 295 g/mol. The van der Waals surface area contributed by atoms with Crippen LogP contribution in [0.15, 0.2) is 40.6 Å². The molecule has 0 aliphatic heterocycles. The molecule has 2 heterocycles. The number of benzene rings is 1. The van der Waals surface area contributed by atoms with E-state index in [0.717, 1.165) is 22.8 Å². The Morgan fingerprint density at radius 3 is 2.95 bits per heavy atom. The molecule has 4 nitrogen and oxygen atoms in total. The summed E-state index contributed by atoms with van der Waals surface area (Å²) >= 11 is 6.75. The lowest BCUT2D eigenvalue weighted by molar-refractivity contribution is 0.587. The van der Waals surface area contributed by atoms with Crippen molar-refractivity contribution in [1.82, 2.24) is 15.0 Å². The van der Waals surface area contributed by atoms with Crippen LogP contribution < -0.4 is 5.73 Å². The van der Waals surface area contributed by atoms with E-state index < -0.39 is 5.82 Å². The van der Waals surface area contributed by atoms with Crippen LogP contribution in [0.5, 0.6) is 0 Å². The molecule has 96 valence electrons. The smallest absolute Gasteiger partial charge is 0.172 e. The van der Waals surface area contributed by atoms with Gasteiger partial charge in [0.25, 0.3) is 0 Å². The molecule has 7 heteroatoms. The van der Waals surface area contributed by atoms with Crippen molar-refractivity contribution in [2.75, 3.05) is 5.73 Å². The summed E-state index contributed by atoms with van der Waals surface area (Å²) in [7, 11) is 0. The van der Waals surface area contributed by atoms with Gasteiger partial charge in [0.2, 0.25) is 0 Å². The Hall–Kier alpha value is -1.79. The zero-order valence-electron chi connectivity index (χ0n) is 9.52. The number of pyridine rings is 1. The number of anilines is 1. The number of hydrogen-bond donors (Lipinski definition) is 2. The van der Waals surface area contributed by atoms with Crippen molar-refractivity contribution >= 4 is 40.1 Å². The quantitative estimate of drug-likeness (QED) is 0.710. The fraction of sp³-hybridized carbons (Fsp3) is 0. The van der Waals surface area contributed by atoms with Crippen LogP contribution in [0.4, 0.5) is 10.1 Å². The van der Waals surface area contributed by atoms with E-state index in [9.17, 15) is 4.39 Å². The van der Waals surface area contributed by atoms with Gasteiger partial charge >= 0.3 is 0 Å². The number of nitrogens with zero attached hydrogens (tertiary/aromatic N) is 2. The minimum absolute atomic E-state index is 0.219. The van der Waals surface area contributed by atoms with Gasteiger partial charge in [-0.15, -0.1) is 0 Å². The summed E-state index contributed by atoms with van der Waals surface area (Å²) in [6, 6.07) is 6.56. The molecule has 0 aliphatic rings. The van der Waals surface area contributed by atoms with Crippen LogP contribution in [-0.4, -0.2) is 15.0 Å². The van der Waals surface area contributed by atoms with Crippen molar-refractivity contribution < 1.29 is 4.39 Å². The average Bonchev–Trinajstić information content (AvgIpc) is 2.74. The van der Waals surface area contributed by atoms with Crippen molar-refractivity contribution in [1.29, 1.82) is 0 Å². The standard InChI is InChI=1S/C12H8ClFN4S/c13-6-3-8(14)11(16-5-6)19-12-17-9-2-1-7(15)4-10(9)18-12/h1-5H,15H2,(H,17,18). The van der Waals surface area contributed by atoms with Crippen LogP contribution in [0.3, 0.4) is 0 Å². The van der Waals surface area contributed by atoms with Crippen molar-refractivity contribution in [2.24, 2.45) is 0 Å². The highest BCUT2D eigenvalue weighted by molar-refractivity contribution is 7.99. The minimum atomic E-state index is -0.475. The van der Waals surface area contributed by atoms with E-state index in [0.29, 0.717) is 10.8 Å². The highest BCUT2D eigenvalue weighted by atomic mass is 35.5. The van der Waals surface area contributed by atoms with Gasteiger partial charge in [-0.05, 0) is 36.0 Å². The van der Waals surface area contributed by atoms with Gasteiger partial charge in [-0.3, -0.25) is 0 Å². The van der Waals surface area contributed by atoms with Crippen LogP contribution in [0.25, 0.3) is 11.0 Å². The molecule has 0 spiro atoms. The molecule has 0 saturated carbocycles. The lowest BCUT2D eigenvalue weighted by Gasteiger charge is -1.98. The first-order chi connectivity index (χ1) is 9.11. The third-order valence-corrected chi connectivity index (χ3v) is 3.54. The lowest BCUT2D eigenvalue weighted by atomic mass is 10.3. The molecule has 3 rings (SSSR count). The predicted molar refractivity (Wildman–Crippen MR) is 73.8 cm³/mol. The lowest BCUT2D eigenvalue weighted by Crippen LogP contribution is -1.87. The van der Waals surface area contributed by atoms with Crippen LogP contribution in [0.2, 0.25) is 5.02 Å². The number of aromatic nitrogens is 3. The van der Waals surface area contributed by atoms with E-state index in [2.05, 4.69) is 15.0 Å². The molecule has 0 bridgehead atoms. The number of halogens is 2. The molecule has 19 heavy (non-hydrogen) atoms. The molecule has 0 fully saturated rings. The number of fused-ring (bicyclic) bond motifs is 1. The van der Waals surface area contributed by atoms with Gasteiger partial charge in [0.1, 0.15) is 5.03 Å². The van der Waals surface area contributed by atoms with Gasteiger partial charge in [0.05, 0.1) is 16.1 Å². The van der Waals surface area contributed by atoms with Crippen molar-refractivity contribution in [3.8, 4) is 0 Å². The fourth-order valence-corrected chi connectivity index (χ4v) is 2.52. The zero-order chi connectivity index (χ0) is 13.4. The number of H-pyrrole nitrogens is 1. The van der Waals surface area contributed by atoms with Crippen LogP contribution in [0, 0.1) is 5.82 Å². The minimum Gasteiger partial charge on any atom is -0.399 e. The third kappa shape index (κ3) is 2.50. The SMILES string of the molecule is Nc1ccc2nc(Sc3ncc(Cl)cc3F)[nH]c2c1. The number of rotatable bonds is 2. The summed E-state index contributed by atoms with van der Waals surface area (Å²) in [6.07, 6.45) is 1.40. The number of imidazole rings is 1. The maximum absolute atomic E-state index is 13.6. The molecule has 0 saturated heterocycles. The second kappa shape index (κ2) is 4.71. The van der Waals surface area contributed by atoms with Crippen LogP contribution >= 0.6 is 23.4 Å². The van der Waals surface area contributed by atoms with E-state index in [1.807, 2.05) is 0 Å². The van der Waals surface area contributed by atoms with Gasteiger partial charge in [-0.1, -0.05) is 11.6 Å². The number of nitrogen functional groups attached to an aromatic ring is 1. The topological polar surface area (TPSA) is 67.6 Å². The van der Waals surface area contributed by atoms with E-state index in [1.54, 1.807) is 18.2 Å². The number of nitrogens with one attached hydrogen (secondary N) is 1. The molecule has 0 atom stereocenters. The first kappa shape index (κ1) is 12.3. The van der Waals surface area contributed by atoms with Crippen LogP contribution in [-0.2, 0) is 0 Å². The largest absolute Gasteiger partial charge is 0.399 e. The maximum atomic E-state index is 13.6. The number of nitrogens with two attached hydrogens (primary N) is 1. The second-order valence-corrected chi connectivity index (χ2v) is 5.28. The number of hydrogen-bond acceptors (Lipinski definition) is 4. The monoisotopic (exact) mass is 294 g/mol. The summed E-state index contributed by atoms with van der Waals surface area (Å²) in [5.74, 6) is -0.475. The Labute approximate surface area is 117 Å². The first-order valence-electron chi connectivity index (χ1n) is 5.36. The number of aromatic amines is 1. The Morgan fingerprint density at radius 2 is 2.16 bits per heavy atom. The Bertz CT molecular complexity index is 759. The molecule has 2 aromatic heterocycles. The normalized spacial score (nSPS) is 11.1. The van der Waals surface area contributed by atoms with Crippen LogP contribution in [0.1, 0.15) is 0 Å². The van der Waals surface area contributed by atoms with E-state index >= 15 is 0 Å². The molecular weight excluding hydrogens is 287 g/mol. The fourth-order valence-electron chi connectivity index (χ4n) is 1.62. The summed E-state index contributed by atoms with van der Waals surface area (Å²) in [5, 5.41) is 1.03. The van der Waals surface area contributed by atoms with E-state index in [1.165, 1.54) is 12.3 Å².